The number of anilines is 2. The van der Waals surface area contributed by atoms with Crippen LogP contribution in [0.2, 0.25) is 0 Å². The Morgan fingerprint density at radius 2 is 1.94 bits per heavy atom. The van der Waals surface area contributed by atoms with Gasteiger partial charge in [-0.2, -0.15) is 0 Å². The number of para-hydroxylation sites is 2. The van der Waals surface area contributed by atoms with Crippen molar-refractivity contribution in [2.24, 2.45) is 0 Å². The van der Waals surface area contributed by atoms with Crippen LogP contribution in [0.5, 0.6) is 0 Å². The van der Waals surface area contributed by atoms with Crippen molar-refractivity contribution in [3.63, 3.8) is 0 Å². The lowest BCUT2D eigenvalue weighted by Crippen LogP contribution is -2.51. The first-order chi connectivity index (χ1) is 17.5. The monoisotopic (exact) mass is 499 g/mol. The maximum absolute atomic E-state index is 13.5. The average molecular weight is 500 g/mol. The maximum Gasteiger partial charge on any atom is 0.257 e. The Bertz CT molecular complexity index is 1500. The minimum Gasteiger partial charge on any atom is -0.349 e. The molecule has 7 nitrogen and oxygen atoms in total. The van der Waals surface area contributed by atoms with Crippen LogP contribution in [0.1, 0.15) is 51.7 Å². The molecule has 0 radical (unpaired) electrons. The molecule has 184 valence electrons. The normalized spacial score (nSPS) is 16.6. The van der Waals surface area contributed by atoms with Crippen LogP contribution in [0, 0.1) is 6.92 Å². The fourth-order valence-corrected chi connectivity index (χ4v) is 6.67. The van der Waals surface area contributed by atoms with Crippen LogP contribution in [0.4, 0.5) is 10.8 Å². The molecule has 2 aromatic carbocycles. The van der Waals surface area contributed by atoms with Gasteiger partial charge < -0.3 is 19.7 Å². The molecule has 1 atom stereocenters. The molecular formula is C28H29N5O2S. The van der Waals surface area contributed by atoms with E-state index in [9.17, 15) is 9.59 Å². The molecule has 0 spiro atoms. The first-order valence-electron chi connectivity index (χ1n) is 12.5. The molecule has 0 saturated heterocycles. The number of thiazole rings is 1. The summed E-state index contributed by atoms with van der Waals surface area (Å²) >= 11 is 1.52. The highest BCUT2D eigenvalue weighted by molar-refractivity contribution is 7.15. The minimum absolute atomic E-state index is 0.0518. The summed E-state index contributed by atoms with van der Waals surface area (Å²) in [6.07, 6.45) is 1.77. The van der Waals surface area contributed by atoms with Gasteiger partial charge in [0.05, 0.1) is 22.6 Å². The molecule has 0 bridgehead atoms. The van der Waals surface area contributed by atoms with E-state index in [4.69, 9.17) is 0 Å². The second-order valence-electron chi connectivity index (χ2n) is 9.46. The van der Waals surface area contributed by atoms with Gasteiger partial charge in [0.15, 0.2) is 5.13 Å². The van der Waals surface area contributed by atoms with E-state index in [2.05, 4.69) is 51.9 Å². The summed E-state index contributed by atoms with van der Waals surface area (Å²) < 4.78 is 2.25. The van der Waals surface area contributed by atoms with Crippen LogP contribution in [0.25, 0.3) is 10.9 Å². The van der Waals surface area contributed by atoms with Gasteiger partial charge in [0.2, 0.25) is 5.91 Å². The lowest BCUT2D eigenvalue weighted by molar-refractivity contribution is -0.116. The number of carbonyl (C=O) groups is 2. The number of aryl methyl sites for hydroxylation is 3. The van der Waals surface area contributed by atoms with Crippen molar-refractivity contribution >= 4 is 44.9 Å². The summed E-state index contributed by atoms with van der Waals surface area (Å²) in [6, 6.07) is 16.2. The summed E-state index contributed by atoms with van der Waals surface area (Å²) in [5.74, 6) is 0.0174. The number of aromatic nitrogens is 2. The number of rotatable bonds is 5. The van der Waals surface area contributed by atoms with Gasteiger partial charge in [-0.3, -0.25) is 9.59 Å². The van der Waals surface area contributed by atoms with Gasteiger partial charge in [0.25, 0.3) is 5.91 Å². The Morgan fingerprint density at radius 1 is 1.17 bits per heavy atom. The number of nitrogens with one attached hydrogen (secondary N) is 1. The quantitative estimate of drug-likeness (QED) is 0.413. The fourth-order valence-electron chi connectivity index (χ4n) is 5.75. The third-order valence-electron chi connectivity index (χ3n) is 7.44. The molecule has 1 N–H and O–H groups in total. The number of carbonyl (C=O) groups excluding carboxylic acids is 2. The van der Waals surface area contributed by atoms with Gasteiger partial charge >= 0.3 is 0 Å². The Labute approximate surface area is 214 Å². The molecule has 2 amide bonds. The Kier molecular flexibility index (Phi) is 5.56. The van der Waals surface area contributed by atoms with Crippen LogP contribution in [0.15, 0.2) is 48.5 Å². The zero-order valence-corrected chi connectivity index (χ0v) is 21.6. The molecule has 0 saturated carbocycles. The number of hydrogen-bond acceptors (Lipinski definition) is 5. The second kappa shape index (κ2) is 8.78. The van der Waals surface area contributed by atoms with Crippen LogP contribution >= 0.6 is 11.3 Å². The van der Waals surface area contributed by atoms with E-state index < -0.39 is 0 Å². The highest BCUT2D eigenvalue weighted by Gasteiger charge is 2.42. The lowest BCUT2D eigenvalue weighted by atomic mass is 9.96. The molecule has 0 aliphatic carbocycles. The Balaban J connectivity index is 1.36. The summed E-state index contributed by atoms with van der Waals surface area (Å²) in [5.41, 5.74) is 6.21. The topological polar surface area (TPSA) is 70.5 Å². The fraction of sp³-hybridized carbons (Fsp3) is 0.321. The Hall–Kier alpha value is -3.65. The highest BCUT2D eigenvalue weighted by Crippen LogP contribution is 2.44. The van der Waals surface area contributed by atoms with E-state index in [1.54, 1.807) is 0 Å². The van der Waals surface area contributed by atoms with Crippen LogP contribution in [-0.2, 0) is 24.2 Å². The SMILES string of the molecule is CCc1nc(NC(=O)CCn2c3c(c4ccccc42)CCN2C(=O)c4ccccc4N(C)[C@@H]32)sc1C. The van der Waals surface area contributed by atoms with Crippen molar-refractivity contribution < 1.29 is 9.59 Å². The molecule has 4 heterocycles. The molecule has 2 aromatic heterocycles. The van der Waals surface area contributed by atoms with Gasteiger partial charge in [-0.25, -0.2) is 4.98 Å². The van der Waals surface area contributed by atoms with Gasteiger partial charge in [0.1, 0.15) is 6.17 Å². The smallest absolute Gasteiger partial charge is 0.257 e. The first kappa shape index (κ1) is 22.8. The molecule has 0 unspecified atom stereocenters. The van der Waals surface area contributed by atoms with Crippen molar-refractivity contribution in [1.82, 2.24) is 14.5 Å². The third-order valence-corrected chi connectivity index (χ3v) is 8.37. The van der Waals surface area contributed by atoms with Crippen molar-refractivity contribution in [3.05, 3.63) is 75.9 Å². The van der Waals surface area contributed by atoms with E-state index in [0.717, 1.165) is 45.9 Å². The van der Waals surface area contributed by atoms with Crippen LogP contribution in [0.3, 0.4) is 0 Å². The second-order valence-corrected chi connectivity index (χ2v) is 10.7. The summed E-state index contributed by atoms with van der Waals surface area (Å²) in [5, 5.41) is 4.86. The molecule has 4 aromatic rings. The van der Waals surface area contributed by atoms with E-state index in [0.29, 0.717) is 24.6 Å². The predicted molar refractivity (Wildman–Crippen MR) is 144 cm³/mol. The maximum atomic E-state index is 13.5. The molecule has 36 heavy (non-hydrogen) atoms. The predicted octanol–water partition coefficient (Wildman–Crippen LogP) is 5.14. The zero-order valence-electron chi connectivity index (χ0n) is 20.7. The Morgan fingerprint density at radius 3 is 2.75 bits per heavy atom. The number of fused-ring (bicyclic) bond motifs is 6. The van der Waals surface area contributed by atoms with Crippen molar-refractivity contribution in [2.45, 2.75) is 45.8 Å². The molecular weight excluding hydrogens is 470 g/mol. The standard InChI is InChI=1S/C28H29N5O2S/c1-4-21-17(2)36-28(29-21)30-24(34)14-16-32-23-12-8-5-9-18(23)19-13-15-33-26(25(19)32)31(3)22-11-7-6-10-20(22)27(33)35/h5-12,26H,4,13-16H2,1-3H3,(H,29,30,34)/t26-/m1/s1. The average Bonchev–Trinajstić information content (AvgIpc) is 3.42. The van der Waals surface area contributed by atoms with Crippen molar-refractivity contribution in [1.29, 1.82) is 0 Å². The van der Waals surface area contributed by atoms with Crippen LogP contribution in [-0.4, -0.2) is 39.9 Å². The number of amides is 2. The summed E-state index contributed by atoms with van der Waals surface area (Å²) in [6.45, 7) is 5.31. The van der Waals surface area contributed by atoms with Gasteiger partial charge in [-0.05, 0) is 43.5 Å². The third kappa shape index (κ3) is 3.51. The molecule has 0 fully saturated rings. The summed E-state index contributed by atoms with van der Waals surface area (Å²) in [4.78, 5) is 36.3. The molecule has 2 aliphatic rings. The number of benzene rings is 2. The molecule has 2 aliphatic heterocycles. The zero-order chi connectivity index (χ0) is 25.0. The lowest BCUT2D eigenvalue weighted by Gasteiger charge is -2.46. The van der Waals surface area contributed by atoms with Crippen molar-refractivity contribution in [3.8, 4) is 0 Å². The first-order valence-corrected chi connectivity index (χ1v) is 13.3. The molecule has 8 heteroatoms. The summed E-state index contributed by atoms with van der Waals surface area (Å²) in [7, 11) is 2.06. The van der Waals surface area contributed by atoms with E-state index >= 15 is 0 Å². The van der Waals surface area contributed by atoms with E-state index in [-0.39, 0.29) is 18.0 Å². The largest absolute Gasteiger partial charge is 0.349 e. The van der Waals surface area contributed by atoms with Gasteiger partial charge in [0, 0.05) is 42.3 Å². The van der Waals surface area contributed by atoms with E-state index in [1.807, 2.05) is 42.2 Å². The minimum atomic E-state index is -0.208. The van der Waals surface area contributed by atoms with Gasteiger partial charge in [-0.15, -0.1) is 11.3 Å². The van der Waals surface area contributed by atoms with Crippen LogP contribution < -0.4 is 10.2 Å². The van der Waals surface area contributed by atoms with E-state index in [1.165, 1.54) is 22.3 Å². The molecule has 6 rings (SSSR count). The van der Waals surface area contributed by atoms with Gasteiger partial charge in [-0.1, -0.05) is 37.3 Å². The number of hydrogen-bond donors (Lipinski definition) is 1. The highest BCUT2D eigenvalue weighted by atomic mass is 32.1. The van der Waals surface area contributed by atoms with Crippen molar-refractivity contribution in [2.75, 3.05) is 23.8 Å². The number of nitrogens with zero attached hydrogens (tertiary/aromatic N) is 4.